The van der Waals surface area contributed by atoms with Crippen LogP contribution in [0.3, 0.4) is 0 Å². The zero-order chi connectivity index (χ0) is 17.8. The molecule has 0 saturated heterocycles. The van der Waals surface area contributed by atoms with E-state index in [2.05, 4.69) is 27.9 Å². The summed E-state index contributed by atoms with van der Waals surface area (Å²) in [5.74, 6) is -0.288. The lowest BCUT2D eigenvalue weighted by Crippen LogP contribution is -2.51. The van der Waals surface area contributed by atoms with Gasteiger partial charge in [0.1, 0.15) is 5.41 Å². The average Bonchev–Trinajstić information content (AvgIpc) is 2.57. The van der Waals surface area contributed by atoms with Crippen molar-refractivity contribution in [2.24, 2.45) is 5.73 Å². The molecule has 128 valence electrons. The number of benzene rings is 2. The number of carbonyl (C=O) groups is 1. The number of primary amides is 1. The molecule has 24 heavy (non-hydrogen) atoms. The largest absolute Gasteiger partial charge is 0.369 e. The van der Waals surface area contributed by atoms with Crippen LogP contribution in [-0.4, -0.2) is 37.1 Å². The quantitative estimate of drug-likeness (QED) is 0.780. The molecule has 0 unspecified atom stereocenters. The highest BCUT2D eigenvalue weighted by Gasteiger charge is 2.42. The topological polar surface area (TPSA) is 43.1 Å². The Bertz CT molecular complexity index is 623. The smallest absolute Gasteiger partial charge is 0.232 e. The van der Waals surface area contributed by atoms with Gasteiger partial charge in [0, 0.05) is 6.42 Å². The Morgan fingerprint density at radius 2 is 1.38 bits per heavy atom. The highest BCUT2D eigenvalue weighted by atomic mass is 16.1. The van der Waals surface area contributed by atoms with Gasteiger partial charge in [-0.2, -0.15) is 0 Å². The van der Waals surface area contributed by atoms with E-state index in [4.69, 9.17) is 5.73 Å². The molecule has 2 rings (SSSR count). The maximum Gasteiger partial charge on any atom is 0.232 e. The summed E-state index contributed by atoms with van der Waals surface area (Å²) >= 11 is 0. The molecule has 0 fully saturated rings. The minimum absolute atomic E-state index is 0.288. The fourth-order valence-electron chi connectivity index (χ4n) is 3.02. The monoisotopic (exact) mass is 325 g/mol. The minimum Gasteiger partial charge on any atom is -0.369 e. The van der Waals surface area contributed by atoms with Gasteiger partial charge in [-0.15, -0.1) is 0 Å². The molecule has 0 saturated carbocycles. The van der Waals surface area contributed by atoms with Gasteiger partial charge in [0.25, 0.3) is 0 Å². The van der Waals surface area contributed by atoms with Crippen LogP contribution in [0, 0.1) is 0 Å². The second kappa shape index (κ2) is 7.18. The molecule has 0 radical (unpaired) electrons. The van der Waals surface area contributed by atoms with Gasteiger partial charge in [0.2, 0.25) is 5.91 Å². The number of carbonyl (C=O) groups excluding carboxylic acids is 1. The van der Waals surface area contributed by atoms with Gasteiger partial charge in [0.15, 0.2) is 0 Å². The maximum absolute atomic E-state index is 12.7. The van der Waals surface area contributed by atoms with Crippen molar-refractivity contribution in [2.75, 3.05) is 20.6 Å². The van der Waals surface area contributed by atoms with Gasteiger partial charge in [-0.25, -0.2) is 0 Å². The number of amides is 1. The second-order valence-corrected chi connectivity index (χ2v) is 7.35. The molecule has 0 aliphatic rings. The van der Waals surface area contributed by atoms with Gasteiger partial charge < -0.3 is 10.2 Å². The first-order valence-corrected chi connectivity index (χ1v) is 8.54. The molecule has 0 atom stereocenters. The van der Waals surface area contributed by atoms with E-state index in [0.29, 0.717) is 12.5 Å². The van der Waals surface area contributed by atoms with Gasteiger partial charge in [-0.05, 0) is 25.0 Å². The Morgan fingerprint density at radius 3 is 1.71 bits per heavy atom. The number of quaternary nitrogens is 1. The van der Waals surface area contributed by atoms with Crippen molar-refractivity contribution in [2.45, 2.75) is 31.7 Å². The molecule has 3 heteroatoms. The zero-order valence-corrected chi connectivity index (χ0v) is 15.2. The SMILES string of the molecule is CC(C)[N+](C)(C)CCC(C(N)=O)(c1ccccc1)c1ccccc1. The fourth-order valence-corrected chi connectivity index (χ4v) is 3.02. The van der Waals surface area contributed by atoms with Crippen LogP contribution in [0.2, 0.25) is 0 Å². The summed E-state index contributed by atoms with van der Waals surface area (Å²) in [5, 5.41) is 0. The van der Waals surface area contributed by atoms with Gasteiger partial charge in [-0.1, -0.05) is 60.7 Å². The predicted octanol–water partition coefficient (Wildman–Crippen LogP) is 3.33. The molecule has 0 spiro atoms. The lowest BCUT2D eigenvalue weighted by molar-refractivity contribution is -0.911. The van der Waals surface area contributed by atoms with Gasteiger partial charge >= 0.3 is 0 Å². The fraction of sp³-hybridized carbons (Fsp3) is 0.381. The molecule has 0 heterocycles. The summed E-state index contributed by atoms with van der Waals surface area (Å²) in [6.45, 7) is 5.28. The first-order valence-electron chi connectivity index (χ1n) is 8.54. The Labute approximate surface area is 145 Å². The van der Waals surface area contributed by atoms with Crippen molar-refractivity contribution in [3.05, 3.63) is 71.8 Å². The lowest BCUT2D eigenvalue weighted by atomic mass is 9.71. The Hall–Kier alpha value is -2.13. The Balaban J connectivity index is 2.54. The molecular formula is C21H29N2O+. The van der Waals surface area contributed by atoms with E-state index in [1.807, 2.05) is 60.7 Å². The Kier molecular flexibility index (Phi) is 5.45. The van der Waals surface area contributed by atoms with Crippen molar-refractivity contribution in [1.82, 2.24) is 0 Å². The number of nitrogens with zero attached hydrogens (tertiary/aromatic N) is 1. The summed E-state index contributed by atoms with van der Waals surface area (Å²) in [7, 11) is 4.40. The van der Waals surface area contributed by atoms with E-state index in [1.165, 1.54) is 0 Å². The first kappa shape index (κ1) is 18.2. The lowest BCUT2D eigenvalue weighted by Gasteiger charge is -2.39. The van der Waals surface area contributed by atoms with Crippen LogP contribution in [0.5, 0.6) is 0 Å². The van der Waals surface area contributed by atoms with Crippen LogP contribution in [0.15, 0.2) is 60.7 Å². The standard InChI is InChI=1S/C21H28N2O/c1-17(2)23(3,4)16-15-21(20(22)24,18-11-7-5-8-12-18)19-13-9-6-10-14-19/h5-14,17H,15-16H2,1-4H3,(H-,22,24)/p+1. The highest BCUT2D eigenvalue weighted by Crippen LogP contribution is 2.36. The molecule has 2 N–H and O–H groups in total. The van der Waals surface area contributed by atoms with Crippen LogP contribution < -0.4 is 5.73 Å². The van der Waals surface area contributed by atoms with E-state index in [9.17, 15) is 4.79 Å². The second-order valence-electron chi connectivity index (χ2n) is 7.35. The maximum atomic E-state index is 12.7. The summed E-state index contributed by atoms with van der Waals surface area (Å²) < 4.78 is 0.842. The molecule has 2 aromatic rings. The molecule has 2 aromatic carbocycles. The van der Waals surface area contributed by atoms with Gasteiger partial charge in [-0.3, -0.25) is 4.79 Å². The van der Waals surface area contributed by atoms with Crippen LogP contribution in [0.1, 0.15) is 31.4 Å². The average molecular weight is 325 g/mol. The summed E-state index contributed by atoms with van der Waals surface area (Å²) in [6, 6.07) is 20.3. The third-order valence-electron chi connectivity index (χ3n) is 5.41. The van der Waals surface area contributed by atoms with Crippen molar-refractivity contribution >= 4 is 5.91 Å². The first-order chi connectivity index (χ1) is 11.3. The molecule has 0 aromatic heterocycles. The number of nitrogens with two attached hydrogens (primary N) is 1. The van der Waals surface area contributed by atoms with Crippen molar-refractivity contribution in [3.63, 3.8) is 0 Å². The van der Waals surface area contributed by atoms with Crippen LogP contribution in [0.4, 0.5) is 0 Å². The number of hydrogen-bond acceptors (Lipinski definition) is 1. The van der Waals surface area contributed by atoms with Crippen LogP contribution in [-0.2, 0) is 10.2 Å². The van der Waals surface area contributed by atoms with Crippen molar-refractivity contribution in [3.8, 4) is 0 Å². The zero-order valence-electron chi connectivity index (χ0n) is 15.2. The number of hydrogen-bond donors (Lipinski definition) is 1. The van der Waals surface area contributed by atoms with Crippen LogP contribution >= 0.6 is 0 Å². The summed E-state index contributed by atoms with van der Waals surface area (Å²) in [5.41, 5.74) is 7.13. The normalized spacial score (nSPS) is 12.4. The molecular weight excluding hydrogens is 296 g/mol. The third kappa shape index (κ3) is 3.51. The minimum atomic E-state index is -0.799. The summed E-state index contributed by atoms with van der Waals surface area (Å²) in [4.78, 5) is 12.7. The number of rotatable bonds is 7. The molecule has 3 nitrogen and oxygen atoms in total. The summed E-state index contributed by atoms with van der Waals surface area (Å²) in [6.07, 6.45) is 0.682. The molecule has 0 bridgehead atoms. The molecule has 0 aliphatic carbocycles. The van der Waals surface area contributed by atoms with Crippen LogP contribution in [0.25, 0.3) is 0 Å². The molecule has 1 amide bonds. The van der Waals surface area contributed by atoms with Crippen molar-refractivity contribution < 1.29 is 9.28 Å². The van der Waals surface area contributed by atoms with Crippen molar-refractivity contribution in [1.29, 1.82) is 0 Å². The van der Waals surface area contributed by atoms with Gasteiger partial charge in [0.05, 0.1) is 26.7 Å². The van der Waals surface area contributed by atoms with E-state index >= 15 is 0 Å². The highest BCUT2D eigenvalue weighted by molar-refractivity contribution is 5.90. The van der Waals surface area contributed by atoms with E-state index < -0.39 is 5.41 Å². The van der Waals surface area contributed by atoms with E-state index in [-0.39, 0.29) is 5.91 Å². The third-order valence-corrected chi connectivity index (χ3v) is 5.41. The predicted molar refractivity (Wildman–Crippen MR) is 99.6 cm³/mol. The van der Waals surface area contributed by atoms with E-state index in [0.717, 1.165) is 22.2 Å². The Morgan fingerprint density at radius 1 is 0.958 bits per heavy atom. The molecule has 0 aliphatic heterocycles. The van der Waals surface area contributed by atoms with E-state index in [1.54, 1.807) is 0 Å².